The Labute approximate surface area is 101 Å². The van der Waals surface area contributed by atoms with Crippen LogP contribution in [0.2, 0.25) is 0 Å². The van der Waals surface area contributed by atoms with E-state index in [9.17, 15) is 9.90 Å². The number of hydrogen-bond donors (Lipinski definition) is 2. The molecule has 4 heteroatoms. The minimum Gasteiger partial charge on any atom is -0.507 e. The molecule has 1 amide bonds. The lowest BCUT2D eigenvalue weighted by molar-refractivity contribution is 0.0652. The van der Waals surface area contributed by atoms with Crippen LogP contribution in [0, 0.1) is 6.92 Å². The van der Waals surface area contributed by atoms with Crippen molar-refractivity contribution in [1.82, 2.24) is 10.2 Å². The molecule has 0 spiro atoms. The number of piperazine rings is 1. The van der Waals surface area contributed by atoms with Crippen LogP contribution in [0.25, 0.3) is 0 Å². The highest BCUT2D eigenvalue weighted by Gasteiger charge is 2.25. The van der Waals surface area contributed by atoms with E-state index in [-0.39, 0.29) is 17.7 Å². The number of phenols is 1. The van der Waals surface area contributed by atoms with Crippen molar-refractivity contribution < 1.29 is 9.90 Å². The molecule has 4 nitrogen and oxygen atoms in total. The van der Waals surface area contributed by atoms with Gasteiger partial charge in [-0.25, -0.2) is 0 Å². The number of carbonyl (C=O) groups is 1. The first kappa shape index (κ1) is 11.9. The Hall–Kier alpha value is -1.55. The number of aryl methyl sites for hydroxylation is 1. The maximum absolute atomic E-state index is 12.3. The van der Waals surface area contributed by atoms with Crippen molar-refractivity contribution in [2.75, 3.05) is 19.6 Å². The molecule has 2 N–H and O–H groups in total. The molecule has 1 atom stereocenters. The van der Waals surface area contributed by atoms with E-state index in [2.05, 4.69) is 5.32 Å². The van der Waals surface area contributed by atoms with Gasteiger partial charge in [-0.2, -0.15) is 0 Å². The van der Waals surface area contributed by atoms with Crippen molar-refractivity contribution in [1.29, 1.82) is 0 Å². The molecule has 1 aliphatic rings. The van der Waals surface area contributed by atoms with E-state index in [1.54, 1.807) is 17.0 Å². The number of aromatic hydroxyl groups is 1. The number of benzene rings is 1. The second-order valence-electron chi connectivity index (χ2n) is 4.57. The molecule has 1 fully saturated rings. The lowest BCUT2D eigenvalue weighted by Gasteiger charge is -2.34. The molecule has 1 aliphatic heterocycles. The van der Waals surface area contributed by atoms with Crippen LogP contribution in [0.4, 0.5) is 0 Å². The van der Waals surface area contributed by atoms with Gasteiger partial charge in [-0.15, -0.1) is 0 Å². The number of rotatable bonds is 1. The maximum Gasteiger partial charge on any atom is 0.257 e. The number of phenolic OH excluding ortho intramolecular Hbond substituents is 1. The van der Waals surface area contributed by atoms with Gasteiger partial charge in [-0.05, 0) is 31.5 Å². The zero-order valence-electron chi connectivity index (χ0n) is 10.2. The zero-order valence-corrected chi connectivity index (χ0v) is 10.2. The topological polar surface area (TPSA) is 52.6 Å². The molecule has 2 rings (SSSR count). The van der Waals surface area contributed by atoms with Crippen LogP contribution in [0.15, 0.2) is 18.2 Å². The third kappa shape index (κ3) is 2.42. The van der Waals surface area contributed by atoms with Gasteiger partial charge < -0.3 is 15.3 Å². The van der Waals surface area contributed by atoms with Crippen molar-refractivity contribution in [3.05, 3.63) is 29.3 Å². The Morgan fingerprint density at radius 3 is 2.94 bits per heavy atom. The lowest BCUT2D eigenvalue weighted by Crippen LogP contribution is -2.52. The molecule has 1 unspecified atom stereocenters. The molecule has 0 bridgehead atoms. The summed E-state index contributed by atoms with van der Waals surface area (Å²) < 4.78 is 0. The molecule has 0 radical (unpaired) electrons. The highest BCUT2D eigenvalue weighted by molar-refractivity contribution is 5.97. The summed E-state index contributed by atoms with van der Waals surface area (Å²) in [5, 5.41) is 13.1. The van der Waals surface area contributed by atoms with Gasteiger partial charge in [-0.3, -0.25) is 4.79 Å². The smallest absolute Gasteiger partial charge is 0.257 e. The molecule has 1 aromatic rings. The second-order valence-corrected chi connectivity index (χ2v) is 4.57. The van der Waals surface area contributed by atoms with Gasteiger partial charge in [0.15, 0.2) is 0 Å². The molecule has 1 saturated heterocycles. The van der Waals surface area contributed by atoms with Crippen LogP contribution in [0.5, 0.6) is 5.75 Å². The second kappa shape index (κ2) is 4.75. The monoisotopic (exact) mass is 234 g/mol. The Morgan fingerprint density at radius 2 is 2.29 bits per heavy atom. The third-order valence-electron chi connectivity index (χ3n) is 3.15. The Balaban J connectivity index is 2.24. The lowest BCUT2D eigenvalue weighted by atomic mass is 10.1. The number of nitrogens with one attached hydrogen (secondary N) is 1. The van der Waals surface area contributed by atoms with Gasteiger partial charge in [0.25, 0.3) is 5.91 Å². The van der Waals surface area contributed by atoms with Gasteiger partial charge in [0.2, 0.25) is 0 Å². The summed E-state index contributed by atoms with van der Waals surface area (Å²) >= 11 is 0. The molecule has 1 heterocycles. The van der Waals surface area contributed by atoms with Crippen LogP contribution in [0.3, 0.4) is 0 Å². The Kier molecular flexibility index (Phi) is 3.33. The van der Waals surface area contributed by atoms with E-state index in [1.807, 2.05) is 19.9 Å². The van der Waals surface area contributed by atoms with Crippen molar-refractivity contribution >= 4 is 5.91 Å². The fourth-order valence-electron chi connectivity index (χ4n) is 2.12. The molecular weight excluding hydrogens is 216 g/mol. The molecular formula is C13H18N2O2. The first-order chi connectivity index (χ1) is 8.09. The van der Waals surface area contributed by atoms with E-state index < -0.39 is 0 Å². The van der Waals surface area contributed by atoms with Crippen LogP contribution < -0.4 is 5.32 Å². The van der Waals surface area contributed by atoms with Gasteiger partial charge in [-0.1, -0.05) is 6.07 Å². The summed E-state index contributed by atoms with van der Waals surface area (Å²) in [4.78, 5) is 14.1. The Bertz CT molecular complexity index is 431. The third-order valence-corrected chi connectivity index (χ3v) is 3.15. The molecule has 0 aromatic heterocycles. The number of nitrogens with zero attached hydrogens (tertiary/aromatic N) is 1. The van der Waals surface area contributed by atoms with E-state index in [0.717, 1.165) is 18.7 Å². The quantitative estimate of drug-likeness (QED) is 0.766. The fraction of sp³-hybridized carbons (Fsp3) is 0.462. The summed E-state index contributed by atoms with van der Waals surface area (Å²) in [6, 6.07) is 5.33. The van der Waals surface area contributed by atoms with Gasteiger partial charge >= 0.3 is 0 Å². The molecule has 17 heavy (non-hydrogen) atoms. The molecule has 0 aliphatic carbocycles. The highest BCUT2D eigenvalue weighted by atomic mass is 16.3. The summed E-state index contributed by atoms with van der Waals surface area (Å²) in [6.45, 7) is 6.20. The molecule has 0 saturated carbocycles. The number of carbonyl (C=O) groups excluding carboxylic acids is 1. The average Bonchev–Trinajstić information content (AvgIpc) is 2.29. The summed E-state index contributed by atoms with van der Waals surface area (Å²) in [6.07, 6.45) is 0. The fourth-order valence-corrected chi connectivity index (χ4v) is 2.12. The summed E-state index contributed by atoms with van der Waals surface area (Å²) in [5.41, 5.74) is 1.34. The largest absolute Gasteiger partial charge is 0.507 e. The highest BCUT2D eigenvalue weighted by Crippen LogP contribution is 2.21. The minimum absolute atomic E-state index is 0.0701. The van der Waals surface area contributed by atoms with E-state index >= 15 is 0 Å². The predicted octanol–water partition coefficient (Wildman–Crippen LogP) is 1.13. The van der Waals surface area contributed by atoms with Crippen molar-refractivity contribution in [3.63, 3.8) is 0 Å². The van der Waals surface area contributed by atoms with Crippen LogP contribution in [0.1, 0.15) is 22.8 Å². The van der Waals surface area contributed by atoms with Crippen LogP contribution in [-0.2, 0) is 0 Å². The number of hydrogen-bond acceptors (Lipinski definition) is 3. The van der Waals surface area contributed by atoms with Crippen molar-refractivity contribution in [2.24, 2.45) is 0 Å². The van der Waals surface area contributed by atoms with Gasteiger partial charge in [0.1, 0.15) is 5.75 Å². The minimum atomic E-state index is -0.0866. The molecule has 92 valence electrons. The first-order valence-electron chi connectivity index (χ1n) is 5.91. The molecule has 1 aromatic carbocycles. The number of amides is 1. The summed E-state index contributed by atoms with van der Waals surface area (Å²) in [5.74, 6) is -0.0165. The van der Waals surface area contributed by atoms with E-state index in [0.29, 0.717) is 12.1 Å². The van der Waals surface area contributed by atoms with Gasteiger partial charge in [0.05, 0.1) is 5.56 Å². The van der Waals surface area contributed by atoms with E-state index in [1.165, 1.54) is 0 Å². The van der Waals surface area contributed by atoms with Crippen molar-refractivity contribution in [3.8, 4) is 5.75 Å². The summed E-state index contributed by atoms with van der Waals surface area (Å²) in [7, 11) is 0. The normalized spacial score (nSPS) is 20.4. The zero-order chi connectivity index (χ0) is 12.4. The SMILES string of the molecule is Cc1ccc(C(=O)N2CCNCC2C)c(O)c1. The van der Waals surface area contributed by atoms with E-state index in [4.69, 9.17) is 0 Å². The van der Waals surface area contributed by atoms with Crippen LogP contribution >= 0.6 is 0 Å². The average molecular weight is 234 g/mol. The Morgan fingerprint density at radius 1 is 1.53 bits per heavy atom. The standard InChI is InChI=1S/C13H18N2O2/c1-9-3-4-11(12(16)7-9)13(17)15-6-5-14-8-10(15)2/h3-4,7,10,14,16H,5-6,8H2,1-2H3. The van der Waals surface area contributed by atoms with Crippen molar-refractivity contribution in [2.45, 2.75) is 19.9 Å². The van der Waals surface area contributed by atoms with Gasteiger partial charge in [0, 0.05) is 25.7 Å². The van der Waals surface area contributed by atoms with Crippen LogP contribution in [-0.4, -0.2) is 41.6 Å². The predicted molar refractivity (Wildman–Crippen MR) is 66.2 cm³/mol. The first-order valence-corrected chi connectivity index (χ1v) is 5.91. The maximum atomic E-state index is 12.3.